The molecule has 0 radical (unpaired) electrons. The highest BCUT2D eigenvalue weighted by Crippen LogP contribution is 2.32. The van der Waals surface area contributed by atoms with Crippen LogP contribution in [0.2, 0.25) is 0 Å². The van der Waals surface area contributed by atoms with Crippen molar-refractivity contribution in [3.63, 3.8) is 0 Å². The fraction of sp³-hybridized carbons (Fsp3) is 0.100. The first-order valence-corrected chi connectivity index (χ1v) is 13.8. The van der Waals surface area contributed by atoms with Crippen LogP contribution >= 0.6 is 0 Å². The van der Waals surface area contributed by atoms with E-state index < -0.39 is 27.9 Å². The molecule has 0 bridgehead atoms. The summed E-state index contributed by atoms with van der Waals surface area (Å²) in [7, 11) is -4.09. The molecule has 5 aromatic rings. The number of amides is 2. The molecule has 6 rings (SSSR count). The topological polar surface area (TPSA) is 101 Å². The standard InChI is InChI=1S/C30H23N3O5S/c34-28-19-26(32(20-21-9-3-1-4-10-21)39(36,37)24-11-5-2-6-12-24)30(35)33(28)23-17-15-22(16-18-23)29-31-25-13-7-8-14-27(25)38-29/h1-18,26H,19-20H2. The summed E-state index contributed by atoms with van der Waals surface area (Å²) in [6.45, 7) is -0.0494. The van der Waals surface area contributed by atoms with Gasteiger partial charge in [0.1, 0.15) is 11.6 Å². The fourth-order valence-electron chi connectivity index (χ4n) is 4.71. The van der Waals surface area contributed by atoms with E-state index in [4.69, 9.17) is 4.42 Å². The van der Waals surface area contributed by atoms with Gasteiger partial charge in [-0.1, -0.05) is 60.7 Å². The predicted octanol–water partition coefficient (Wildman–Crippen LogP) is 5.02. The molecule has 39 heavy (non-hydrogen) atoms. The van der Waals surface area contributed by atoms with Gasteiger partial charge in [0, 0.05) is 12.1 Å². The van der Waals surface area contributed by atoms with Gasteiger partial charge in [-0.3, -0.25) is 9.59 Å². The van der Waals surface area contributed by atoms with Crippen molar-refractivity contribution in [2.24, 2.45) is 0 Å². The minimum atomic E-state index is -4.09. The molecule has 1 saturated heterocycles. The number of hydrogen-bond donors (Lipinski definition) is 0. The molecule has 0 saturated carbocycles. The Hall–Kier alpha value is -4.60. The first-order valence-electron chi connectivity index (χ1n) is 12.4. The molecule has 4 aromatic carbocycles. The van der Waals surface area contributed by atoms with Gasteiger partial charge in [0.2, 0.25) is 21.8 Å². The van der Waals surface area contributed by atoms with Gasteiger partial charge in [0.15, 0.2) is 5.58 Å². The summed E-state index contributed by atoms with van der Waals surface area (Å²) in [6, 6.07) is 29.9. The van der Waals surface area contributed by atoms with Crippen LogP contribution in [0.4, 0.5) is 5.69 Å². The second kappa shape index (κ2) is 9.94. The zero-order chi connectivity index (χ0) is 27.0. The second-order valence-electron chi connectivity index (χ2n) is 9.17. The third-order valence-corrected chi connectivity index (χ3v) is 8.54. The molecule has 0 spiro atoms. The minimum absolute atomic E-state index is 0.0494. The van der Waals surface area contributed by atoms with Crippen LogP contribution in [0.5, 0.6) is 0 Å². The van der Waals surface area contributed by atoms with Crippen LogP contribution < -0.4 is 4.90 Å². The van der Waals surface area contributed by atoms with Gasteiger partial charge in [0.05, 0.1) is 17.0 Å². The Morgan fingerprint density at radius 1 is 0.821 bits per heavy atom. The number of benzene rings is 4. The van der Waals surface area contributed by atoms with Crippen molar-refractivity contribution in [2.75, 3.05) is 4.90 Å². The van der Waals surface area contributed by atoms with Crippen LogP contribution in [-0.2, 0) is 26.2 Å². The molecule has 1 unspecified atom stereocenters. The third-order valence-electron chi connectivity index (χ3n) is 6.67. The molecule has 194 valence electrons. The maximum atomic E-state index is 13.7. The van der Waals surface area contributed by atoms with Gasteiger partial charge in [0.25, 0.3) is 5.91 Å². The van der Waals surface area contributed by atoms with E-state index in [1.165, 1.54) is 12.1 Å². The molecule has 0 N–H and O–H groups in total. The van der Waals surface area contributed by atoms with Gasteiger partial charge in [-0.05, 0) is 54.1 Å². The second-order valence-corrected chi connectivity index (χ2v) is 11.1. The summed E-state index contributed by atoms with van der Waals surface area (Å²) in [5.74, 6) is -0.645. The summed E-state index contributed by atoms with van der Waals surface area (Å²) >= 11 is 0. The van der Waals surface area contributed by atoms with E-state index in [9.17, 15) is 18.0 Å². The number of imide groups is 1. The van der Waals surface area contributed by atoms with Crippen LogP contribution in [0, 0.1) is 0 Å². The van der Waals surface area contributed by atoms with E-state index >= 15 is 0 Å². The number of hydrogen-bond acceptors (Lipinski definition) is 6. The zero-order valence-electron chi connectivity index (χ0n) is 20.7. The number of carbonyl (C=O) groups excluding carboxylic acids is 2. The predicted molar refractivity (Wildman–Crippen MR) is 146 cm³/mol. The molecule has 1 aromatic heterocycles. The molecule has 2 heterocycles. The molecule has 1 aliphatic heterocycles. The van der Waals surface area contributed by atoms with Crippen LogP contribution in [0.25, 0.3) is 22.6 Å². The molecule has 8 nitrogen and oxygen atoms in total. The highest BCUT2D eigenvalue weighted by atomic mass is 32.2. The molecule has 2 amide bonds. The van der Waals surface area contributed by atoms with Gasteiger partial charge >= 0.3 is 0 Å². The maximum Gasteiger partial charge on any atom is 0.252 e. The summed E-state index contributed by atoms with van der Waals surface area (Å²) < 4.78 is 34.4. The Kier molecular flexibility index (Phi) is 6.30. The highest BCUT2D eigenvalue weighted by molar-refractivity contribution is 7.89. The Balaban J connectivity index is 1.31. The summed E-state index contributed by atoms with van der Waals surface area (Å²) in [5, 5.41) is 0. The number of aromatic nitrogens is 1. The van der Waals surface area contributed by atoms with Crippen molar-refractivity contribution >= 4 is 38.6 Å². The van der Waals surface area contributed by atoms with Crippen molar-refractivity contribution < 1.29 is 22.4 Å². The van der Waals surface area contributed by atoms with Crippen molar-refractivity contribution in [3.8, 4) is 11.5 Å². The lowest BCUT2D eigenvalue weighted by atomic mass is 10.2. The van der Waals surface area contributed by atoms with E-state index in [0.29, 0.717) is 28.3 Å². The summed E-state index contributed by atoms with van der Waals surface area (Å²) in [6.07, 6.45) is -0.259. The first kappa shape index (κ1) is 24.7. The Morgan fingerprint density at radius 2 is 1.46 bits per heavy atom. The molecular formula is C30H23N3O5S. The van der Waals surface area contributed by atoms with E-state index in [1.807, 2.05) is 30.3 Å². The molecule has 0 aliphatic carbocycles. The largest absolute Gasteiger partial charge is 0.436 e. The lowest BCUT2D eigenvalue weighted by Crippen LogP contribution is -2.45. The van der Waals surface area contributed by atoms with Crippen molar-refractivity contribution in [3.05, 3.63) is 115 Å². The minimum Gasteiger partial charge on any atom is -0.436 e. The quantitative estimate of drug-likeness (QED) is 0.270. The number of anilines is 1. The number of rotatable bonds is 7. The first-order chi connectivity index (χ1) is 18.9. The van der Waals surface area contributed by atoms with Crippen LogP contribution in [0.1, 0.15) is 12.0 Å². The molecular weight excluding hydrogens is 514 g/mol. The Labute approximate surface area is 225 Å². The van der Waals surface area contributed by atoms with E-state index in [0.717, 1.165) is 14.7 Å². The summed E-state index contributed by atoms with van der Waals surface area (Å²) in [5.41, 5.74) is 3.12. The van der Waals surface area contributed by atoms with Crippen molar-refractivity contribution in [2.45, 2.75) is 23.9 Å². The Morgan fingerprint density at radius 3 is 2.15 bits per heavy atom. The number of fused-ring (bicyclic) bond motifs is 1. The third kappa shape index (κ3) is 4.62. The SMILES string of the molecule is O=C1CC(N(Cc2ccccc2)S(=O)(=O)c2ccccc2)C(=O)N1c1ccc(-c2nc3ccccc3o2)cc1. The van der Waals surface area contributed by atoms with E-state index in [1.54, 1.807) is 66.7 Å². The molecule has 1 aliphatic rings. The number of sulfonamides is 1. The maximum absolute atomic E-state index is 13.7. The number of carbonyl (C=O) groups is 2. The van der Waals surface area contributed by atoms with Gasteiger partial charge in [-0.15, -0.1) is 0 Å². The van der Waals surface area contributed by atoms with Crippen LogP contribution in [0.15, 0.2) is 119 Å². The lowest BCUT2D eigenvalue weighted by Gasteiger charge is -2.27. The van der Waals surface area contributed by atoms with Gasteiger partial charge in [-0.25, -0.2) is 18.3 Å². The average Bonchev–Trinajstić information content (AvgIpc) is 3.53. The Bertz CT molecular complexity index is 1740. The fourth-order valence-corrected chi connectivity index (χ4v) is 6.31. The smallest absolute Gasteiger partial charge is 0.252 e. The van der Waals surface area contributed by atoms with Crippen LogP contribution in [-0.4, -0.2) is 35.6 Å². The lowest BCUT2D eigenvalue weighted by molar-refractivity contribution is -0.122. The number of nitrogens with zero attached hydrogens (tertiary/aromatic N) is 3. The van der Waals surface area contributed by atoms with Gasteiger partial charge in [-0.2, -0.15) is 4.31 Å². The molecule has 1 atom stereocenters. The normalized spacial score (nSPS) is 15.9. The van der Waals surface area contributed by atoms with E-state index in [2.05, 4.69) is 4.98 Å². The van der Waals surface area contributed by atoms with Crippen LogP contribution in [0.3, 0.4) is 0 Å². The van der Waals surface area contributed by atoms with Gasteiger partial charge < -0.3 is 4.42 Å². The average molecular weight is 538 g/mol. The van der Waals surface area contributed by atoms with E-state index in [-0.39, 0.29) is 17.9 Å². The number of oxazole rings is 1. The molecule has 1 fully saturated rings. The van der Waals surface area contributed by atoms with Crippen molar-refractivity contribution in [1.82, 2.24) is 9.29 Å². The highest BCUT2D eigenvalue weighted by Gasteiger charge is 2.47. The number of para-hydroxylation sites is 2. The molecule has 9 heteroatoms. The monoisotopic (exact) mass is 537 g/mol. The summed E-state index contributed by atoms with van der Waals surface area (Å²) in [4.78, 5) is 32.4. The zero-order valence-corrected chi connectivity index (χ0v) is 21.5. The van der Waals surface area contributed by atoms with Crippen molar-refractivity contribution in [1.29, 1.82) is 0 Å².